The Kier molecular flexibility index (Phi) is 4.79. The van der Waals surface area contributed by atoms with E-state index >= 15 is 0 Å². The number of hydrogen-bond donors (Lipinski definition) is 0. The zero-order chi connectivity index (χ0) is 15.7. The molecule has 0 spiro atoms. The first-order valence-electron chi connectivity index (χ1n) is 8.13. The van der Waals surface area contributed by atoms with E-state index in [1.165, 1.54) is 22.9 Å². The monoisotopic (exact) mass is 314 g/mol. The van der Waals surface area contributed by atoms with E-state index in [1.54, 1.807) is 5.56 Å². The van der Waals surface area contributed by atoms with E-state index < -0.39 is 16.1 Å². The molecule has 0 N–H and O–H groups in total. The fourth-order valence-corrected chi connectivity index (χ4v) is 7.25. The van der Waals surface area contributed by atoms with E-state index in [9.17, 15) is 0 Å². The van der Waals surface area contributed by atoms with E-state index in [0.717, 1.165) is 5.92 Å². The van der Waals surface area contributed by atoms with E-state index in [4.69, 9.17) is 0 Å². The molecule has 2 heteroatoms. The molecule has 0 unspecified atom stereocenters. The lowest BCUT2D eigenvalue weighted by Gasteiger charge is -2.30. The van der Waals surface area contributed by atoms with Crippen LogP contribution in [-0.2, 0) is 0 Å². The molecule has 0 aromatic heterocycles. The van der Waals surface area contributed by atoms with E-state index in [-0.39, 0.29) is 0 Å². The average Bonchev–Trinajstić information content (AvgIpc) is 2.34. The van der Waals surface area contributed by atoms with Crippen molar-refractivity contribution in [2.45, 2.75) is 57.3 Å². The minimum Gasteiger partial charge on any atom is -0.0695 e. The van der Waals surface area contributed by atoms with Crippen LogP contribution in [0, 0.1) is 0 Å². The Hall–Kier alpha value is -0.866. The summed E-state index contributed by atoms with van der Waals surface area (Å²) in [7, 11) is -2.10. The van der Waals surface area contributed by atoms with Crippen LogP contribution in [0.25, 0.3) is 10.8 Å². The predicted molar refractivity (Wildman–Crippen MR) is 103 cm³/mol. The van der Waals surface area contributed by atoms with Gasteiger partial charge in [-0.2, -0.15) is 0 Å². The second-order valence-corrected chi connectivity index (χ2v) is 19.9. The highest BCUT2D eigenvalue weighted by atomic mass is 28.3. The van der Waals surface area contributed by atoms with Crippen LogP contribution in [0.5, 0.6) is 0 Å². The van der Waals surface area contributed by atoms with Crippen molar-refractivity contribution in [3.05, 3.63) is 48.0 Å². The van der Waals surface area contributed by atoms with Gasteiger partial charge in [0.1, 0.15) is 0 Å². The molecule has 0 nitrogen and oxygen atoms in total. The molecule has 2 rings (SSSR count). The Bertz CT molecular complexity index is 587. The molecule has 0 fully saturated rings. The minimum atomic E-state index is -1.05. The lowest BCUT2D eigenvalue weighted by atomic mass is 9.99. The number of fused-ring (bicyclic) bond motifs is 1. The second kappa shape index (κ2) is 6.09. The molecule has 2 aromatic carbocycles. The zero-order valence-electron chi connectivity index (χ0n) is 14.5. The van der Waals surface area contributed by atoms with Crippen LogP contribution in [0.3, 0.4) is 0 Å². The van der Waals surface area contributed by atoms with Crippen LogP contribution in [0.2, 0.25) is 51.4 Å². The molecule has 0 aliphatic heterocycles. The molecule has 0 saturated carbocycles. The van der Waals surface area contributed by atoms with E-state index in [2.05, 4.69) is 81.7 Å². The van der Waals surface area contributed by atoms with Crippen molar-refractivity contribution in [2.24, 2.45) is 0 Å². The summed E-state index contributed by atoms with van der Waals surface area (Å²) >= 11 is 0. The van der Waals surface area contributed by atoms with Crippen LogP contribution < -0.4 is 0 Å². The highest BCUT2D eigenvalue weighted by Crippen LogP contribution is 2.35. The maximum Gasteiger partial charge on any atom is 0.0448 e. The third-order valence-corrected chi connectivity index (χ3v) is 7.40. The van der Waals surface area contributed by atoms with Crippen LogP contribution in [0.4, 0.5) is 0 Å². The fraction of sp³-hybridized carbons (Fsp3) is 0.474. The topological polar surface area (TPSA) is 0 Å². The quantitative estimate of drug-likeness (QED) is 0.545. The van der Waals surface area contributed by atoms with Crippen molar-refractivity contribution in [1.82, 2.24) is 0 Å². The maximum absolute atomic E-state index is 2.51. The molecule has 0 heterocycles. The summed E-state index contributed by atoms with van der Waals surface area (Å²) < 4.78 is 0. The van der Waals surface area contributed by atoms with Gasteiger partial charge in [0, 0.05) is 16.1 Å². The third kappa shape index (κ3) is 5.12. The van der Waals surface area contributed by atoms with Gasteiger partial charge in [0.25, 0.3) is 0 Å². The van der Waals surface area contributed by atoms with Gasteiger partial charge in [0.15, 0.2) is 0 Å². The van der Waals surface area contributed by atoms with Gasteiger partial charge in [0.2, 0.25) is 0 Å². The van der Waals surface area contributed by atoms with Gasteiger partial charge >= 0.3 is 0 Å². The molecule has 0 aliphatic rings. The summed E-state index contributed by atoms with van der Waals surface area (Å²) in [5, 5.41) is 2.76. The van der Waals surface area contributed by atoms with Crippen LogP contribution in [-0.4, -0.2) is 16.1 Å². The second-order valence-electron chi connectivity index (χ2n) is 8.83. The van der Waals surface area contributed by atoms with Gasteiger partial charge in [-0.3, -0.25) is 0 Å². The first-order valence-corrected chi connectivity index (χ1v) is 15.5. The lowest BCUT2D eigenvalue weighted by Crippen LogP contribution is -2.28. The number of benzene rings is 2. The summed E-state index contributed by atoms with van der Waals surface area (Å²) in [6.45, 7) is 15.0. The first kappa shape index (κ1) is 16.5. The predicted octanol–water partition coefficient (Wildman–Crippen LogP) is 6.60. The third-order valence-electron chi connectivity index (χ3n) is 3.96. The van der Waals surface area contributed by atoms with Gasteiger partial charge in [-0.15, -0.1) is 0 Å². The highest BCUT2D eigenvalue weighted by molar-refractivity contribution is 6.78. The molecule has 2 aromatic rings. The average molecular weight is 315 g/mol. The fourth-order valence-electron chi connectivity index (χ4n) is 3.25. The Labute approximate surface area is 132 Å². The van der Waals surface area contributed by atoms with Crippen molar-refractivity contribution >= 4 is 26.9 Å². The molecule has 0 amide bonds. The standard InChI is InChI=1S/C19H30Si2/c1-20(2,3)14-19(15-21(4,5)6)18-12-11-16-9-7-8-10-17(16)13-18/h7-13,19H,14-15H2,1-6H3. The Morgan fingerprint density at radius 3 is 1.76 bits per heavy atom. The first-order chi connectivity index (χ1) is 9.64. The van der Waals surface area contributed by atoms with Gasteiger partial charge in [0.05, 0.1) is 0 Å². The largest absolute Gasteiger partial charge is 0.0695 e. The van der Waals surface area contributed by atoms with E-state index in [1.807, 2.05) is 0 Å². The Morgan fingerprint density at radius 1 is 0.714 bits per heavy atom. The van der Waals surface area contributed by atoms with Crippen LogP contribution in [0.15, 0.2) is 42.5 Å². The Balaban J connectivity index is 2.37. The molecule has 0 saturated heterocycles. The van der Waals surface area contributed by atoms with Crippen molar-refractivity contribution < 1.29 is 0 Å². The number of hydrogen-bond acceptors (Lipinski definition) is 0. The normalized spacial score (nSPS) is 13.1. The summed E-state index contributed by atoms with van der Waals surface area (Å²) in [6.07, 6.45) is 0. The van der Waals surface area contributed by atoms with Crippen molar-refractivity contribution in [3.63, 3.8) is 0 Å². The Morgan fingerprint density at radius 2 is 1.24 bits per heavy atom. The molecule has 0 aliphatic carbocycles. The van der Waals surface area contributed by atoms with Gasteiger partial charge in [-0.1, -0.05) is 93.8 Å². The minimum absolute atomic E-state index is 0.757. The van der Waals surface area contributed by atoms with Gasteiger partial charge in [-0.05, 0) is 22.3 Å². The molecule has 114 valence electrons. The highest BCUT2D eigenvalue weighted by Gasteiger charge is 2.27. The molecular weight excluding hydrogens is 284 g/mol. The molecule has 0 bridgehead atoms. The van der Waals surface area contributed by atoms with E-state index in [0.29, 0.717) is 0 Å². The maximum atomic E-state index is 2.51. The van der Waals surface area contributed by atoms with Gasteiger partial charge in [-0.25, -0.2) is 0 Å². The molecule has 0 radical (unpaired) electrons. The number of rotatable bonds is 5. The van der Waals surface area contributed by atoms with Crippen molar-refractivity contribution in [1.29, 1.82) is 0 Å². The SMILES string of the molecule is C[Si](C)(C)CC(C[Si](C)(C)C)c1ccc2ccccc2c1. The van der Waals surface area contributed by atoms with Crippen molar-refractivity contribution in [3.8, 4) is 0 Å². The summed E-state index contributed by atoms with van der Waals surface area (Å²) in [4.78, 5) is 0. The van der Waals surface area contributed by atoms with Crippen LogP contribution in [0.1, 0.15) is 11.5 Å². The molecule has 0 atom stereocenters. The molecule has 21 heavy (non-hydrogen) atoms. The van der Waals surface area contributed by atoms with Gasteiger partial charge < -0.3 is 0 Å². The van der Waals surface area contributed by atoms with Crippen molar-refractivity contribution in [2.75, 3.05) is 0 Å². The zero-order valence-corrected chi connectivity index (χ0v) is 16.5. The lowest BCUT2D eigenvalue weighted by molar-refractivity contribution is 0.827. The smallest absolute Gasteiger partial charge is 0.0448 e. The summed E-state index contributed by atoms with van der Waals surface area (Å²) in [5.74, 6) is 0.757. The summed E-state index contributed by atoms with van der Waals surface area (Å²) in [6, 6.07) is 18.7. The molecular formula is C19H30Si2. The van der Waals surface area contributed by atoms with Crippen LogP contribution >= 0.6 is 0 Å². The summed E-state index contributed by atoms with van der Waals surface area (Å²) in [5.41, 5.74) is 1.57.